The van der Waals surface area contributed by atoms with Crippen molar-refractivity contribution in [2.24, 2.45) is 0 Å². The number of nitrogens with one attached hydrogen (secondary N) is 1. The van der Waals surface area contributed by atoms with E-state index in [0.29, 0.717) is 18.4 Å². The fraction of sp³-hybridized carbons (Fsp3) is 0.438. The van der Waals surface area contributed by atoms with Gasteiger partial charge >= 0.3 is 0 Å². The maximum atomic E-state index is 13.8. The van der Waals surface area contributed by atoms with Crippen LogP contribution in [-0.4, -0.2) is 30.3 Å². The average Bonchev–Trinajstić information content (AvgIpc) is 2.99. The summed E-state index contributed by atoms with van der Waals surface area (Å²) in [5, 5.41) is 11.1. The van der Waals surface area contributed by atoms with Crippen LogP contribution < -0.4 is 5.32 Å². The minimum atomic E-state index is -0.537. The highest BCUT2D eigenvalue weighted by Gasteiger charge is 2.17. The molecule has 1 saturated heterocycles. The molecule has 112 valence electrons. The molecule has 21 heavy (non-hydrogen) atoms. The molecule has 0 radical (unpaired) electrons. The molecule has 2 N–H and O–H groups in total. The molecule has 0 spiro atoms. The maximum absolute atomic E-state index is 13.8. The third kappa shape index (κ3) is 4.85. The molecule has 1 unspecified atom stereocenters. The van der Waals surface area contributed by atoms with Gasteiger partial charge in [-0.15, -0.1) is 0 Å². The van der Waals surface area contributed by atoms with E-state index in [1.165, 1.54) is 12.1 Å². The smallest absolute Gasteiger partial charge is 0.224 e. The molecule has 1 fully saturated rings. The van der Waals surface area contributed by atoms with Crippen molar-refractivity contribution in [2.45, 2.75) is 31.8 Å². The Morgan fingerprint density at radius 3 is 3.05 bits per heavy atom. The van der Waals surface area contributed by atoms with E-state index in [0.717, 1.165) is 19.4 Å². The summed E-state index contributed by atoms with van der Waals surface area (Å²) in [4.78, 5) is 11.8. The second-order valence-corrected chi connectivity index (χ2v) is 4.88. The number of halogens is 1. The van der Waals surface area contributed by atoms with Crippen LogP contribution >= 0.6 is 0 Å². The molecular weight excluding hydrogens is 273 g/mol. The van der Waals surface area contributed by atoms with E-state index in [1.807, 2.05) is 0 Å². The summed E-state index contributed by atoms with van der Waals surface area (Å²) in [6.45, 7) is 0.487. The van der Waals surface area contributed by atoms with Gasteiger partial charge in [-0.25, -0.2) is 4.39 Å². The van der Waals surface area contributed by atoms with Gasteiger partial charge in [0.25, 0.3) is 0 Å². The van der Waals surface area contributed by atoms with Crippen LogP contribution in [0.5, 0.6) is 0 Å². The minimum Gasteiger partial charge on any atom is -0.384 e. The summed E-state index contributed by atoms with van der Waals surface area (Å²) in [6, 6.07) is 4.31. The van der Waals surface area contributed by atoms with E-state index in [9.17, 15) is 9.18 Å². The van der Waals surface area contributed by atoms with Crippen molar-refractivity contribution in [1.29, 1.82) is 0 Å². The Balaban J connectivity index is 1.88. The van der Waals surface area contributed by atoms with Crippen molar-refractivity contribution >= 4 is 11.6 Å². The predicted octanol–water partition coefficient (Wildman–Crippen LogP) is 2.07. The molecule has 0 bridgehead atoms. The van der Waals surface area contributed by atoms with Crippen LogP contribution in [0.3, 0.4) is 0 Å². The van der Waals surface area contributed by atoms with Crippen molar-refractivity contribution in [3.8, 4) is 11.8 Å². The molecule has 1 aliphatic heterocycles. The summed E-state index contributed by atoms with van der Waals surface area (Å²) < 4.78 is 19.3. The van der Waals surface area contributed by atoms with E-state index in [-0.39, 0.29) is 24.3 Å². The van der Waals surface area contributed by atoms with E-state index >= 15 is 0 Å². The highest BCUT2D eigenvalue weighted by molar-refractivity contribution is 5.90. The third-order valence-corrected chi connectivity index (χ3v) is 3.27. The minimum absolute atomic E-state index is 0.141. The van der Waals surface area contributed by atoms with Crippen LogP contribution in [0, 0.1) is 17.7 Å². The number of carbonyl (C=O) groups excluding carboxylic acids is 1. The number of ether oxygens (including phenoxy) is 1. The summed E-state index contributed by atoms with van der Waals surface area (Å²) >= 11 is 0. The van der Waals surface area contributed by atoms with E-state index in [2.05, 4.69) is 17.2 Å². The summed E-state index contributed by atoms with van der Waals surface area (Å²) in [5.74, 6) is 4.29. The zero-order chi connectivity index (χ0) is 15.1. The zero-order valence-corrected chi connectivity index (χ0v) is 11.7. The third-order valence-electron chi connectivity index (χ3n) is 3.27. The van der Waals surface area contributed by atoms with Crippen molar-refractivity contribution in [1.82, 2.24) is 0 Å². The lowest BCUT2D eigenvalue weighted by molar-refractivity contribution is -0.116. The Labute approximate surface area is 123 Å². The molecule has 1 heterocycles. The summed E-state index contributed by atoms with van der Waals surface area (Å²) in [7, 11) is 0. The van der Waals surface area contributed by atoms with Gasteiger partial charge < -0.3 is 15.2 Å². The Bertz CT molecular complexity index is 556. The van der Waals surface area contributed by atoms with Crippen molar-refractivity contribution < 1.29 is 19.0 Å². The largest absolute Gasteiger partial charge is 0.384 e. The average molecular weight is 291 g/mol. The highest BCUT2D eigenvalue weighted by atomic mass is 19.1. The molecular formula is C16H18FNO3. The normalized spacial score (nSPS) is 17.1. The lowest BCUT2D eigenvalue weighted by Crippen LogP contribution is -2.16. The first-order valence-electron chi connectivity index (χ1n) is 7.00. The van der Waals surface area contributed by atoms with Crippen molar-refractivity contribution in [2.75, 3.05) is 18.5 Å². The van der Waals surface area contributed by atoms with Gasteiger partial charge in [0.1, 0.15) is 12.4 Å². The lowest BCUT2D eigenvalue weighted by atomic mass is 10.1. The first-order valence-corrected chi connectivity index (χ1v) is 7.00. The molecule has 1 aliphatic rings. The number of anilines is 1. The molecule has 5 heteroatoms. The van der Waals surface area contributed by atoms with Crippen LogP contribution in [0.25, 0.3) is 0 Å². The Morgan fingerprint density at radius 2 is 2.38 bits per heavy atom. The van der Waals surface area contributed by atoms with Crippen LogP contribution in [0.1, 0.15) is 31.2 Å². The maximum Gasteiger partial charge on any atom is 0.224 e. The number of carbonyl (C=O) groups is 1. The Hall–Kier alpha value is -1.90. The van der Waals surface area contributed by atoms with Gasteiger partial charge in [-0.1, -0.05) is 11.8 Å². The number of aliphatic hydroxyl groups excluding tert-OH is 1. The van der Waals surface area contributed by atoms with Gasteiger partial charge in [-0.2, -0.15) is 0 Å². The quantitative estimate of drug-likeness (QED) is 0.835. The number of hydrogen-bond acceptors (Lipinski definition) is 3. The van der Waals surface area contributed by atoms with E-state index in [4.69, 9.17) is 9.84 Å². The van der Waals surface area contributed by atoms with Crippen LogP contribution in [0.4, 0.5) is 10.1 Å². The van der Waals surface area contributed by atoms with Gasteiger partial charge in [-0.05, 0) is 37.5 Å². The standard InChI is InChI=1S/C16H18FNO3/c17-14-11-12(3-1-9-19)5-7-15(14)18-16(20)8-6-13-4-2-10-21-13/h5,7,11,13,19H,2,4,6,8-10H2,(H,18,20). The monoisotopic (exact) mass is 291 g/mol. The lowest BCUT2D eigenvalue weighted by Gasteiger charge is -2.10. The SMILES string of the molecule is O=C(CCC1CCCO1)Nc1ccc(C#CCO)cc1F. The molecule has 0 aliphatic carbocycles. The predicted molar refractivity (Wildman–Crippen MR) is 77.2 cm³/mol. The molecule has 1 atom stereocenters. The second kappa shape index (κ2) is 7.77. The van der Waals surface area contributed by atoms with Gasteiger partial charge in [-0.3, -0.25) is 4.79 Å². The molecule has 1 aromatic rings. The molecule has 0 aromatic heterocycles. The molecule has 4 nitrogen and oxygen atoms in total. The fourth-order valence-electron chi connectivity index (χ4n) is 2.21. The zero-order valence-electron chi connectivity index (χ0n) is 11.7. The van der Waals surface area contributed by atoms with E-state index < -0.39 is 5.82 Å². The summed E-state index contributed by atoms with van der Waals surface area (Å²) in [5.41, 5.74) is 0.598. The Morgan fingerprint density at radius 1 is 1.52 bits per heavy atom. The number of rotatable bonds is 4. The number of benzene rings is 1. The topological polar surface area (TPSA) is 58.6 Å². The first-order chi connectivity index (χ1) is 10.2. The molecule has 1 aromatic carbocycles. The van der Waals surface area contributed by atoms with Gasteiger partial charge in [0.05, 0.1) is 11.8 Å². The Kier molecular flexibility index (Phi) is 5.73. The highest BCUT2D eigenvalue weighted by Crippen LogP contribution is 2.19. The molecule has 0 saturated carbocycles. The van der Waals surface area contributed by atoms with Crippen molar-refractivity contribution in [3.05, 3.63) is 29.6 Å². The summed E-state index contributed by atoms with van der Waals surface area (Å²) in [6.07, 6.45) is 3.15. The fourth-order valence-corrected chi connectivity index (χ4v) is 2.21. The molecule has 2 rings (SSSR count). The van der Waals surface area contributed by atoms with Crippen molar-refractivity contribution in [3.63, 3.8) is 0 Å². The molecule has 1 amide bonds. The van der Waals surface area contributed by atoms with Gasteiger partial charge in [0.15, 0.2) is 0 Å². The van der Waals surface area contributed by atoms with Gasteiger partial charge in [0.2, 0.25) is 5.91 Å². The van der Waals surface area contributed by atoms with Crippen LogP contribution in [-0.2, 0) is 9.53 Å². The van der Waals surface area contributed by atoms with Crippen LogP contribution in [0.2, 0.25) is 0 Å². The number of hydrogen-bond donors (Lipinski definition) is 2. The van der Waals surface area contributed by atoms with Gasteiger partial charge in [0, 0.05) is 18.6 Å². The first kappa shape index (κ1) is 15.5. The van der Waals surface area contributed by atoms with E-state index in [1.54, 1.807) is 6.07 Å². The second-order valence-electron chi connectivity index (χ2n) is 4.88. The number of amides is 1. The number of aliphatic hydroxyl groups is 1. The van der Waals surface area contributed by atoms with Crippen LogP contribution in [0.15, 0.2) is 18.2 Å².